The van der Waals surface area contributed by atoms with Gasteiger partial charge in [-0.25, -0.2) is 9.59 Å². The lowest BCUT2D eigenvalue weighted by Gasteiger charge is -2.32. The average molecular weight is 365 g/mol. The molecule has 1 aromatic carbocycles. The number of anilines is 2. The molecule has 2 rings (SSSR count). The molecule has 1 aliphatic heterocycles. The molecule has 1 heterocycles. The average Bonchev–Trinajstić information content (AvgIpc) is 2.60. The number of amides is 2. The second-order valence-electron chi connectivity index (χ2n) is 6.49. The van der Waals surface area contributed by atoms with Crippen LogP contribution in [0.25, 0.3) is 0 Å². The molecule has 1 saturated heterocycles. The number of rotatable bonds is 7. The Kier molecular flexibility index (Phi) is 7.43. The fourth-order valence-electron chi connectivity index (χ4n) is 2.84. The van der Waals surface area contributed by atoms with Crippen LogP contribution in [-0.2, 0) is 4.79 Å². The first-order valence-corrected chi connectivity index (χ1v) is 10.0. The Morgan fingerprint density at radius 2 is 1.92 bits per heavy atom. The number of carboxylic acid groups (broad SMARTS) is 1. The number of carboxylic acids is 1. The first-order chi connectivity index (χ1) is 12.0. The molecule has 1 fully saturated rings. The van der Waals surface area contributed by atoms with Crippen LogP contribution in [-0.4, -0.2) is 48.2 Å². The highest BCUT2D eigenvalue weighted by Crippen LogP contribution is 2.24. The van der Waals surface area contributed by atoms with Crippen LogP contribution in [0.1, 0.15) is 26.2 Å². The largest absolute Gasteiger partial charge is 0.480 e. The van der Waals surface area contributed by atoms with E-state index in [1.807, 2.05) is 30.5 Å². The summed E-state index contributed by atoms with van der Waals surface area (Å²) >= 11 is 1.55. The van der Waals surface area contributed by atoms with E-state index in [0.29, 0.717) is 17.9 Å². The molecule has 6 nitrogen and oxygen atoms in total. The number of carbonyl (C=O) groups is 2. The molecular formula is C18H27N3O3S. The summed E-state index contributed by atoms with van der Waals surface area (Å²) in [4.78, 5) is 25.5. The summed E-state index contributed by atoms with van der Waals surface area (Å²) in [6.45, 7) is 4.40. The van der Waals surface area contributed by atoms with Crippen molar-refractivity contribution >= 4 is 35.1 Å². The number of carbonyl (C=O) groups excluding carboxylic acids is 1. The van der Waals surface area contributed by atoms with Crippen molar-refractivity contribution in [2.24, 2.45) is 5.92 Å². The van der Waals surface area contributed by atoms with E-state index in [-0.39, 0.29) is 0 Å². The molecule has 138 valence electrons. The third kappa shape index (κ3) is 6.16. The highest BCUT2D eigenvalue weighted by atomic mass is 32.2. The number of thioether (sulfide) groups is 1. The number of benzene rings is 1. The standard InChI is InChI=1S/C18H27N3O3S/c1-13-7-10-21(11-8-13)15-5-3-14(4-6-15)19-18(24)20-16(17(22)23)9-12-25-2/h3-6,13,16H,7-12H2,1-2H3,(H,22,23)(H2,19,20,24)/t16-/m0/s1. The van der Waals surface area contributed by atoms with E-state index in [0.717, 1.165) is 24.7 Å². The first kappa shape index (κ1) is 19.4. The molecule has 0 spiro atoms. The van der Waals surface area contributed by atoms with Crippen LogP contribution in [0.15, 0.2) is 24.3 Å². The van der Waals surface area contributed by atoms with Crippen LogP contribution >= 0.6 is 11.8 Å². The smallest absolute Gasteiger partial charge is 0.326 e. The minimum absolute atomic E-state index is 0.399. The number of hydrogen-bond donors (Lipinski definition) is 3. The van der Waals surface area contributed by atoms with Gasteiger partial charge in [0.15, 0.2) is 0 Å². The minimum Gasteiger partial charge on any atom is -0.480 e. The van der Waals surface area contributed by atoms with Gasteiger partial charge in [0.2, 0.25) is 0 Å². The summed E-state index contributed by atoms with van der Waals surface area (Å²) in [6.07, 6.45) is 4.71. The second-order valence-corrected chi connectivity index (χ2v) is 7.47. The summed E-state index contributed by atoms with van der Waals surface area (Å²) in [5, 5.41) is 14.4. The highest BCUT2D eigenvalue weighted by molar-refractivity contribution is 7.98. The van der Waals surface area contributed by atoms with Gasteiger partial charge in [-0.2, -0.15) is 11.8 Å². The zero-order valence-corrected chi connectivity index (χ0v) is 15.6. The lowest BCUT2D eigenvalue weighted by molar-refractivity contribution is -0.139. The Bertz CT molecular complexity index is 571. The third-order valence-corrected chi connectivity index (χ3v) is 5.13. The number of piperidine rings is 1. The topological polar surface area (TPSA) is 81.7 Å². The van der Waals surface area contributed by atoms with Crippen molar-refractivity contribution in [2.75, 3.05) is 35.3 Å². The van der Waals surface area contributed by atoms with Crippen LogP contribution in [0.4, 0.5) is 16.2 Å². The van der Waals surface area contributed by atoms with Crippen molar-refractivity contribution in [1.29, 1.82) is 0 Å². The van der Waals surface area contributed by atoms with E-state index in [9.17, 15) is 9.59 Å². The van der Waals surface area contributed by atoms with Gasteiger partial charge in [-0.3, -0.25) is 0 Å². The fourth-order valence-corrected chi connectivity index (χ4v) is 3.31. The third-order valence-electron chi connectivity index (χ3n) is 4.49. The van der Waals surface area contributed by atoms with Crippen LogP contribution in [0.2, 0.25) is 0 Å². The van der Waals surface area contributed by atoms with Gasteiger partial charge >= 0.3 is 12.0 Å². The Labute approximate surface area is 153 Å². The molecule has 0 radical (unpaired) electrons. The Morgan fingerprint density at radius 1 is 1.28 bits per heavy atom. The Morgan fingerprint density at radius 3 is 2.48 bits per heavy atom. The maximum absolute atomic E-state index is 12.0. The molecular weight excluding hydrogens is 338 g/mol. The normalized spacial score (nSPS) is 16.3. The predicted molar refractivity (Wildman–Crippen MR) is 104 cm³/mol. The van der Waals surface area contributed by atoms with Gasteiger partial charge < -0.3 is 20.6 Å². The summed E-state index contributed by atoms with van der Waals surface area (Å²) in [5.41, 5.74) is 1.81. The quantitative estimate of drug-likeness (QED) is 0.691. The zero-order valence-electron chi connectivity index (χ0n) is 14.8. The second kappa shape index (κ2) is 9.56. The van der Waals surface area contributed by atoms with Gasteiger partial charge in [-0.15, -0.1) is 0 Å². The number of hydrogen-bond acceptors (Lipinski definition) is 4. The summed E-state index contributed by atoms with van der Waals surface area (Å²) < 4.78 is 0. The molecule has 0 bridgehead atoms. The Balaban J connectivity index is 1.87. The van der Waals surface area contributed by atoms with Crippen molar-refractivity contribution in [2.45, 2.75) is 32.2 Å². The van der Waals surface area contributed by atoms with Crippen LogP contribution in [0.5, 0.6) is 0 Å². The van der Waals surface area contributed by atoms with E-state index >= 15 is 0 Å². The first-order valence-electron chi connectivity index (χ1n) is 8.64. The lowest BCUT2D eigenvalue weighted by atomic mass is 9.99. The van der Waals surface area contributed by atoms with E-state index in [4.69, 9.17) is 5.11 Å². The number of nitrogens with one attached hydrogen (secondary N) is 2. The molecule has 1 atom stereocenters. The summed E-state index contributed by atoms with van der Waals surface area (Å²) in [7, 11) is 0. The molecule has 0 unspecified atom stereocenters. The van der Waals surface area contributed by atoms with Gasteiger partial charge in [-0.1, -0.05) is 6.92 Å². The van der Waals surface area contributed by atoms with Crippen LogP contribution in [0.3, 0.4) is 0 Å². The predicted octanol–water partition coefficient (Wildman–Crippen LogP) is 3.25. The van der Waals surface area contributed by atoms with Crippen molar-refractivity contribution in [3.05, 3.63) is 24.3 Å². The zero-order chi connectivity index (χ0) is 18.2. The monoisotopic (exact) mass is 365 g/mol. The van der Waals surface area contributed by atoms with Crippen molar-refractivity contribution in [1.82, 2.24) is 5.32 Å². The van der Waals surface area contributed by atoms with Gasteiger partial charge in [-0.05, 0) is 61.5 Å². The molecule has 2 amide bonds. The van der Waals surface area contributed by atoms with Gasteiger partial charge in [0.25, 0.3) is 0 Å². The highest BCUT2D eigenvalue weighted by Gasteiger charge is 2.19. The van der Waals surface area contributed by atoms with Gasteiger partial charge in [0.1, 0.15) is 6.04 Å². The molecule has 3 N–H and O–H groups in total. The van der Waals surface area contributed by atoms with E-state index in [2.05, 4.69) is 22.5 Å². The van der Waals surface area contributed by atoms with Crippen LogP contribution < -0.4 is 15.5 Å². The summed E-state index contributed by atoms with van der Waals surface area (Å²) in [6, 6.07) is 6.33. The maximum Gasteiger partial charge on any atom is 0.326 e. The molecule has 1 aliphatic rings. The van der Waals surface area contributed by atoms with Gasteiger partial charge in [0, 0.05) is 24.5 Å². The molecule has 1 aromatic rings. The fraction of sp³-hybridized carbons (Fsp3) is 0.556. The van der Waals surface area contributed by atoms with Crippen molar-refractivity contribution < 1.29 is 14.7 Å². The lowest BCUT2D eigenvalue weighted by Crippen LogP contribution is -2.43. The number of nitrogens with zero attached hydrogens (tertiary/aromatic N) is 1. The minimum atomic E-state index is -1.01. The molecule has 7 heteroatoms. The van der Waals surface area contributed by atoms with E-state index in [1.54, 1.807) is 11.8 Å². The molecule has 0 aromatic heterocycles. The molecule has 0 aliphatic carbocycles. The van der Waals surface area contributed by atoms with Gasteiger partial charge in [0.05, 0.1) is 0 Å². The van der Waals surface area contributed by atoms with Crippen LogP contribution in [0, 0.1) is 5.92 Å². The number of urea groups is 1. The maximum atomic E-state index is 12.0. The van der Waals surface area contributed by atoms with E-state index < -0.39 is 18.0 Å². The number of aliphatic carboxylic acids is 1. The Hall–Kier alpha value is -1.89. The molecule has 0 saturated carbocycles. The SMILES string of the molecule is CSCC[C@H](NC(=O)Nc1ccc(N2CCC(C)CC2)cc1)C(=O)O. The van der Waals surface area contributed by atoms with Crippen molar-refractivity contribution in [3.8, 4) is 0 Å². The van der Waals surface area contributed by atoms with E-state index in [1.165, 1.54) is 12.8 Å². The molecule has 25 heavy (non-hydrogen) atoms. The van der Waals surface area contributed by atoms with Crippen molar-refractivity contribution in [3.63, 3.8) is 0 Å². The summed E-state index contributed by atoms with van der Waals surface area (Å²) in [5.74, 6) is 0.452.